The molecule has 0 aromatic carbocycles. The van der Waals surface area contributed by atoms with Gasteiger partial charge in [0.1, 0.15) is 0 Å². The fourth-order valence-corrected chi connectivity index (χ4v) is 3.00. The summed E-state index contributed by atoms with van der Waals surface area (Å²) in [5.74, 6) is -0.652. The summed E-state index contributed by atoms with van der Waals surface area (Å²) >= 11 is 0. The Bertz CT molecular complexity index is 407. The number of aliphatic carboxylic acids is 1. The molecule has 8 heteroatoms. The molecule has 164 valence electrons. The van der Waals surface area contributed by atoms with E-state index in [0.29, 0.717) is 6.42 Å². The average Bonchev–Trinajstić information content (AvgIpc) is 2.56. The molecule has 0 unspecified atom stereocenters. The summed E-state index contributed by atoms with van der Waals surface area (Å²) in [4.78, 5) is 10.4. The molecule has 0 heterocycles. The van der Waals surface area contributed by atoms with E-state index in [1.54, 1.807) is 0 Å². The summed E-state index contributed by atoms with van der Waals surface area (Å²) in [6, 6.07) is 0. The third kappa shape index (κ3) is 45.2. The molecule has 0 saturated carbocycles. The molecule has 0 bridgehead atoms. The Balaban J connectivity index is -0.000000918. The molecular weight excluding hydrogens is 391 g/mol. The minimum absolute atomic E-state index is 0. The summed E-state index contributed by atoms with van der Waals surface area (Å²) in [5.41, 5.74) is 0. The van der Waals surface area contributed by atoms with Crippen LogP contribution in [0.2, 0.25) is 0 Å². The van der Waals surface area contributed by atoms with E-state index in [2.05, 4.69) is 6.92 Å². The van der Waals surface area contributed by atoms with Crippen molar-refractivity contribution in [3.63, 3.8) is 0 Å². The Kier molecular flexibility index (Phi) is 29.9. The van der Waals surface area contributed by atoms with E-state index in [-0.39, 0.29) is 29.6 Å². The van der Waals surface area contributed by atoms with Crippen molar-refractivity contribution < 1.29 is 57.0 Å². The number of carbonyl (C=O) groups is 1. The molecule has 0 fully saturated rings. The third-order valence-electron chi connectivity index (χ3n) is 4.49. The van der Waals surface area contributed by atoms with Gasteiger partial charge in [-0.1, -0.05) is 110 Å². The SMILES string of the molecule is CCCCCCCCCCCCCCCCCCCC(=O)O.O=S(=O)([O-])O.[Na+]. The van der Waals surface area contributed by atoms with Gasteiger partial charge in [0, 0.05) is 6.42 Å². The van der Waals surface area contributed by atoms with E-state index in [4.69, 9.17) is 22.6 Å². The molecule has 0 amide bonds. The first-order valence-corrected chi connectivity index (χ1v) is 12.0. The van der Waals surface area contributed by atoms with Crippen LogP contribution in [0.25, 0.3) is 0 Å². The van der Waals surface area contributed by atoms with Crippen molar-refractivity contribution in [2.24, 2.45) is 0 Å². The minimum atomic E-state index is -4.92. The fourth-order valence-electron chi connectivity index (χ4n) is 3.00. The van der Waals surface area contributed by atoms with Crippen molar-refractivity contribution in [1.82, 2.24) is 0 Å². The molecule has 0 rings (SSSR count). The Labute approximate surface area is 195 Å². The van der Waals surface area contributed by atoms with Crippen LogP contribution in [-0.2, 0) is 15.2 Å². The second kappa shape index (κ2) is 25.4. The van der Waals surface area contributed by atoms with Crippen molar-refractivity contribution in [2.75, 3.05) is 0 Å². The van der Waals surface area contributed by atoms with E-state index in [1.165, 1.54) is 96.3 Å². The van der Waals surface area contributed by atoms with Gasteiger partial charge in [0.15, 0.2) is 0 Å². The van der Waals surface area contributed by atoms with Crippen molar-refractivity contribution in [2.45, 2.75) is 122 Å². The van der Waals surface area contributed by atoms with Gasteiger partial charge in [-0.2, -0.15) is 0 Å². The number of hydrogen-bond donors (Lipinski definition) is 2. The minimum Gasteiger partial charge on any atom is -0.726 e. The first-order valence-electron chi connectivity index (χ1n) is 10.7. The normalized spacial score (nSPS) is 10.7. The number of carboxylic acid groups (broad SMARTS) is 1. The summed E-state index contributed by atoms with van der Waals surface area (Å²) in [7, 11) is -4.92. The smallest absolute Gasteiger partial charge is 0.726 e. The van der Waals surface area contributed by atoms with Crippen LogP contribution in [0, 0.1) is 0 Å². The maximum atomic E-state index is 10.4. The van der Waals surface area contributed by atoms with Gasteiger partial charge in [-0.05, 0) is 6.42 Å². The van der Waals surface area contributed by atoms with Crippen LogP contribution >= 0.6 is 0 Å². The van der Waals surface area contributed by atoms with Crippen LogP contribution in [0.1, 0.15) is 122 Å². The standard InChI is InChI=1S/C20H40O2.Na.H2O4S/c1-2-3-4-5-6-7-8-9-10-11-12-13-14-15-16-17-18-19-20(21)22;;1-5(2,3)4/h2-19H2,1H3,(H,21,22);;(H2,1,2,3,4)/q;+1;/p-1. The van der Waals surface area contributed by atoms with E-state index >= 15 is 0 Å². The quantitative estimate of drug-likeness (QED) is 0.149. The van der Waals surface area contributed by atoms with Gasteiger partial charge in [-0.15, -0.1) is 0 Å². The van der Waals surface area contributed by atoms with Crippen molar-refractivity contribution in [3.05, 3.63) is 0 Å². The zero-order valence-corrected chi connectivity index (χ0v) is 21.0. The monoisotopic (exact) mass is 432 g/mol. The fraction of sp³-hybridized carbons (Fsp3) is 0.950. The van der Waals surface area contributed by atoms with Crippen LogP contribution < -0.4 is 29.6 Å². The first-order chi connectivity index (χ1) is 12.8. The van der Waals surface area contributed by atoms with E-state index < -0.39 is 16.4 Å². The van der Waals surface area contributed by atoms with Gasteiger partial charge in [-0.25, -0.2) is 8.42 Å². The molecule has 0 radical (unpaired) electrons. The molecule has 0 aliphatic carbocycles. The first kappa shape index (κ1) is 33.0. The van der Waals surface area contributed by atoms with Gasteiger partial charge in [0.25, 0.3) is 0 Å². The second-order valence-electron chi connectivity index (χ2n) is 7.23. The molecular formula is C20H41NaO6S. The molecule has 0 saturated heterocycles. The van der Waals surface area contributed by atoms with E-state index in [0.717, 1.165) is 12.8 Å². The Morgan fingerprint density at radius 1 is 0.679 bits per heavy atom. The molecule has 0 aromatic heterocycles. The van der Waals surface area contributed by atoms with Crippen LogP contribution in [-0.4, -0.2) is 28.6 Å². The summed E-state index contributed by atoms with van der Waals surface area (Å²) in [6.45, 7) is 2.28. The van der Waals surface area contributed by atoms with Crippen molar-refractivity contribution in [1.29, 1.82) is 0 Å². The summed E-state index contributed by atoms with van der Waals surface area (Å²) < 4.78 is 32.8. The Morgan fingerprint density at radius 2 is 0.893 bits per heavy atom. The Hall–Kier alpha value is 0.340. The van der Waals surface area contributed by atoms with Crippen LogP contribution in [0.4, 0.5) is 0 Å². The van der Waals surface area contributed by atoms with Gasteiger partial charge in [0.2, 0.25) is 10.4 Å². The molecule has 2 N–H and O–H groups in total. The van der Waals surface area contributed by atoms with Gasteiger partial charge in [-0.3, -0.25) is 9.35 Å². The zero-order valence-electron chi connectivity index (χ0n) is 18.2. The van der Waals surface area contributed by atoms with Gasteiger partial charge in [0.05, 0.1) is 0 Å². The molecule has 0 atom stereocenters. The number of rotatable bonds is 18. The molecule has 6 nitrogen and oxygen atoms in total. The number of hydrogen-bond acceptors (Lipinski definition) is 4. The third-order valence-corrected chi connectivity index (χ3v) is 4.49. The molecule has 0 aliphatic rings. The van der Waals surface area contributed by atoms with Crippen molar-refractivity contribution in [3.8, 4) is 0 Å². The maximum Gasteiger partial charge on any atom is 1.00 e. The molecule has 0 aromatic rings. The molecule has 0 spiro atoms. The van der Waals surface area contributed by atoms with Crippen LogP contribution in [0.15, 0.2) is 0 Å². The molecule has 0 aliphatic heterocycles. The largest absolute Gasteiger partial charge is 1.00 e. The van der Waals surface area contributed by atoms with Crippen LogP contribution in [0.5, 0.6) is 0 Å². The number of unbranched alkanes of at least 4 members (excludes halogenated alkanes) is 16. The van der Waals surface area contributed by atoms with E-state index in [9.17, 15) is 4.79 Å². The zero-order chi connectivity index (χ0) is 20.8. The maximum absolute atomic E-state index is 10.4. The van der Waals surface area contributed by atoms with E-state index in [1.807, 2.05) is 0 Å². The second-order valence-corrected chi connectivity index (χ2v) is 8.08. The van der Waals surface area contributed by atoms with Gasteiger partial charge >= 0.3 is 35.5 Å². The van der Waals surface area contributed by atoms with Gasteiger partial charge < -0.3 is 9.66 Å². The predicted molar refractivity (Wildman–Crippen MR) is 109 cm³/mol. The molecule has 28 heavy (non-hydrogen) atoms. The van der Waals surface area contributed by atoms with Crippen molar-refractivity contribution >= 4 is 16.4 Å². The summed E-state index contributed by atoms with van der Waals surface area (Å²) in [6.07, 6.45) is 23.1. The topological polar surface area (TPSA) is 115 Å². The average molecular weight is 433 g/mol. The summed E-state index contributed by atoms with van der Waals surface area (Å²) in [5, 5.41) is 8.54. The Morgan fingerprint density at radius 3 is 1.11 bits per heavy atom. The van der Waals surface area contributed by atoms with Crippen LogP contribution in [0.3, 0.4) is 0 Å². The number of carboxylic acids is 1. The predicted octanol–water partition coefficient (Wildman–Crippen LogP) is 3.12.